The molecule has 2 aromatic heterocycles. The van der Waals surface area contributed by atoms with Gasteiger partial charge in [0, 0.05) is 31.8 Å². The summed E-state index contributed by atoms with van der Waals surface area (Å²) in [5.41, 5.74) is 3.68. The van der Waals surface area contributed by atoms with Crippen LogP contribution in [0.25, 0.3) is 21.5 Å². The van der Waals surface area contributed by atoms with Crippen LogP contribution in [0.2, 0.25) is 0 Å². The van der Waals surface area contributed by atoms with E-state index in [0.717, 1.165) is 59.7 Å². The van der Waals surface area contributed by atoms with Crippen LogP contribution in [0.5, 0.6) is 10.8 Å². The number of likely N-dealkylation sites (N-methyl/N-ethyl adjacent to an activating group) is 1. The number of piperidine rings is 1. The Hall–Kier alpha value is -3.04. The number of carbonyl (C=O) groups excluding carboxylic acids is 1. The molecule has 2 saturated heterocycles. The molecule has 38 heavy (non-hydrogen) atoms. The molecule has 8 nitrogen and oxygen atoms in total. The van der Waals surface area contributed by atoms with Crippen molar-refractivity contribution in [1.29, 1.82) is 0 Å². The second kappa shape index (κ2) is 11.0. The first-order valence-corrected chi connectivity index (χ1v) is 14.1. The molecule has 5 rings (SSSR count). The third kappa shape index (κ3) is 5.99. The summed E-state index contributed by atoms with van der Waals surface area (Å²) < 4.78 is 18.0. The summed E-state index contributed by atoms with van der Waals surface area (Å²) >= 11 is 1.67. The number of hydrogen-bond acceptors (Lipinski definition) is 8. The number of fused-ring (bicyclic) bond motifs is 2. The van der Waals surface area contributed by atoms with Gasteiger partial charge in [-0.15, -0.1) is 0 Å². The van der Waals surface area contributed by atoms with Gasteiger partial charge in [-0.05, 0) is 82.4 Å². The number of carbonyl (C=O) groups is 1. The van der Waals surface area contributed by atoms with Crippen molar-refractivity contribution in [3.05, 3.63) is 36.4 Å². The van der Waals surface area contributed by atoms with Crippen molar-refractivity contribution in [1.82, 2.24) is 15.2 Å². The summed E-state index contributed by atoms with van der Waals surface area (Å²) in [5, 5.41) is 4.44. The molecule has 0 spiro atoms. The first kappa shape index (κ1) is 26.6. The minimum Gasteiger partial charge on any atom is -0.492 e. The molecule has 4 heterocycles. The first-order chi connectivity index (χ1) is 18.2. The molecule has 2 aliphatic rings. The second-order valence-electron chi connectivity index (χ2n) is 11.2. The minimum absolute atomic E-state index is 0.354. The fraction of sp³-hybridized carbons (Fsp3) is 0.517. The van der Waals surface area contributed by atoms with Crippen molar-refractivity contribution in [3.63, 3.8) is 0 Å². The quantitative estimate of drug-likeness (QED) is 0.440. The highest BCUT2D eigenvalue weighted by molar-refractivity contribution is 7.21. The third-order valence-corrected chi connectivity index (χ3v) is 8.31. The van der Waals surface area contributed by atoms with Gasteiger partial charge in [0.25, 0.3) is 0 Å². The molecule has 9 heteroatoms. The maximum Gasteiger partial charge on any atom is 0.410 e. The molecule has 2 unspecified atom stereocenters. The van der Waals surface area contributed by atoms with Crippen LogP contribution in [0.1, 0.15) is 27.2 Å². The lowest BCUT2D eigenvalue weighted by Gasteiger charge is -2.24. The number of hydrogen-bond donors (Lipinski definition) is 1. The molecule has 3 aromatic rings. The summed E-state index contributed by atoms with van der Waals surface area (Å²) in [6.07, 6.45) is 0.887. The topological polar surface area (TPSA) is 76.2 Å². The van der Waals surface area contributed by atoms with Crippen LogP contribution in [0, 0.1) is 11.8 Å². The average molecular weight is 539 g/mol. The van der Waals surface area contributed by atoms with E-state index in [9.17, 15) is 4.79 Å². The molecule has 0 bridgehead atoms. The fourth-order valence-corrected chi connectivity index (χ4v) is 6.15. The van der Waals surface area contributed by atoms with Crippen molar-refractivity contribution in [2.24, 2.45) is 11.8 Å². The van der Waals surface area contributed by atoms with E-state index >= 15 is 0 Å². The molecule has 0 aliphatic carbocycles. The Balaban J connectivity index is 1.30. The second-order valence-corrected chi connectivity index (χ2v) is 12.2. The number of anilines is 1. The van der Waals surface area contributed by atoms with Gasteiger partial charge in [0.2, 0.25) is 0 Å². The first-order valence-electron chi connectivity index (χ1n) is 13.3. The number of pyridine rings is 1. The molecule has 1 N–H and O–H groups in total. The third-order valence-electron chi connectivity index (χ3n) is 7.20. The zero-order valence-corrected chi connectivity index (χ0v) is 23.8. The monoisotopic (exact) mass is 538 g/mol. The Morgan fingerprint density at radius 2 is 1.95 bits per heavy atom. The fourth-order valence-electron chi connectivity index (χ4n) is 5.19. The van der Waals surface area contributed by atoms with E-state index in [1.165, 1.54) is 21.7 Å². The Morgan fingerprint density at radius 3 is 2.66 bits per heavy atom. The van der Waals surface area contributed by atoms with Gasteiger partial charge < -0.3 is 29.3 Å². The standard InChI is InChI=1S/C29H38N4O4S/c1-29(2,3)37-28(34)32(4)12-13-36-22-8-6-19(7-9-22)23-14-25(27-24(31-23)15-26(35-5)38-27)33-17-20-10-11-30-16-21(20)18-33/h6-9,14-15,20-21,30H,10-13,16-18H2,1-5H3. The Bertz CT molecular complexity index is 1260. The van der Waals surface area contributed by atoms with Crippen LogP contribution >= 0.6 is 11.3 Å². The molecule has 2 atom stereocenters. The largest absolute Gasteiger partial charge is 0.492 e. The molecule has 1 amide bonds. The number of nitrogens with zero attached hydrogens (tertiary/aromatic N) is 3. The Labute approximate surface area is 228 Å². The van der Waals surface area contributed by atoms with E-state index in [1.807, 2.05) is 51.1 Å². The number of nitrogens with one attached hydrogen (secondary N) is 1. The van der Waals surface area contributed by atoms with E-state index < -0.39 is 5.60 Å². The molecular formula is C29H38N4O4S. The van der Waals surface area contributed by atoms with Crippen LogP contribution in [0.15, 0.2) is 36.4 Å². The lowest BCUT2D eigenvalue weighted by molar-refractivity contribution is 0.0278. The van der Waals surface area contributed by atoms with Gasteiger partial charge >= 0.3 is 6.09 Å². The molecule has 2 fully saturated rings. The maximum atomic E-state index is 12.1. The Kier molecular flexibility index (Phi) is 7.68. The molecule has 204 valence electrons. The average Bonchev–Trinajstić information content (AvgIpc) is 3.51. The predicted octanol–water partition coefficient (Wildman–Crippen LogP) is 5.26. The minimum atomic E-state index is -0.517. The molecule has 2 aliphatic heterocycles. The number of methoxy groups -OCH3 is 1. The van der Waals surface area contributed by atoms with Crippen molar-refractivity contribution >= 4 is 33.3 Å². The molecule has 1 aromatic carbocycles. The van der Waals surface area contributed by atoms with Crippen molar-refractivity contribution in [2.45, 2.75) is 32.8 Å². The van der Waals surface area contributed by atoms with E-state index in [0.29, 0.717) is 19.1 Å². The highest BCUT2D eigenvalue weighted by Gasteiger charge is 2.35. The number of benzene rings is 1. The highest BCUT2D eigenvalue weighted by atomic mass is 32.1. The van der Waals surface area contributed by atoms with Crippen LogP contribution in [-0.2, 0) is 4.74 Å². The summed E-state index contributed by atoms with van der Waals surface area (Å²) in [6, 6.07) is 12.3. The van der Waals surface area contributed by atoms with Crippen LogP contribution in [0.4, 0.5) is 10.5 Å². The lowest BCUT2D eigenvalue weighted by Crippen LogP contribution is -2.36. The number of ether oxygens (including phenoxy) is 3. The summed E-state index contributed by atoms with van der Waals surface area (Å²) in [5.74, 6) is 2.19. The Morgan fingerprint density at radius 1 is 1.18 bits per heavy atom. The number of thiophene rings is 1. The van der Waals surface area contributed by atoms with Crippen LogP contribution < -0.4 is 19.7 Å². The van der Waals surface area contributed by atoms with Gasteiger partial charge in [0.15, 0.2) is 5.06 Å². The van der Waals surface area contributed by atoms with Gasteiger partial charge in [0.05, 0.1) is 35.3 Å². The smallest absolute Gasteiger partial charge is 0.410 e. The van der Waals surface area contributed by atoms with Crippen molar-refractivity contribution in [2.75, 3.05) is 58.4 Å². The number of rotatable bonds is 7. The number of amides is 1. The van der Waals surface area contributed by atoms with Crippen molar-refractivity contribution < 1.29 is 19.0 Å². The van der Waals surface area contributed by atoms with Crippen LogP contribution in [0.3, 0.4) is 0 Å². The normalized spacial score (nSPS) is 19.3. The van der Waals surface area contributed by atoms with E-state index in [2.05, 4.69) is 16.3 Å². The van der Waals surface area contributed by atoms with Gasteiger partial charge in [-0.3, -0.25) is 0 Å². The highest BCUT2D eigenvalue weighted by Crippen LogP contribution is 2.42. The van der Waals surface area contributed by atoms with Gasteiger partial charge in [-0.2, -0.15) is 0 Å². The van der Waals surface area contributed by atoms with E-state index in [-0.39, 0.29) is 6.09 Å². The van der Waals surface area contributed by atoms with Crippen LogP contribution in [-0.4, -0.2) is 75.1 Å². The van der Waals surface area contributed by atoms with Gasteiger partial charge in [-0.1, -0.05) is 11.3 Å². The number of aromatic nitrogens is 1. The summed E-state index contributed by atoms with van der Waals surface area (Å²) in [7, 11) is 3.43. The van der Waals surface area contributed by atoms with Gasteiger partial charge in [-0.25, -0.2) is 9.78 Å². The zero-order valence-electron chi connectivity index (χ0n) is 23.0. The molecule has 0 saturated carbocycles. The maximum absolute atomic E-state index is 12.1. The molecule has 0 radical (unpaired) electrons. The zero-order chi connectivity index (χ0) is 26.9. The predicted molar refractivity (Wildman–Crippen MR) is 153 cm³/mol. The van der Waals surface area contributed by atoms with Gasteiger partial charge in [0.1, 0.15) is 18.0 Å². The van der Waals surface area contributed by atoms with E-state index in [4.69, 9.17) is 19.2 Å². The van der Waals surface area contributed by atoms with E-state index in [1.54, 1.807) is 25.5 Å². The van der Waals surface area contributed by atoms with Crippen molar-refractivity contribution in [3.8, 4) is 22.1 Å². The summed E-state index contributed by atoms with van der Waals surface area (Å²) in [6.45, 7) is 10.8. The molecular weight excluding hydrogens is 500 g/mol. The SMILES string of the molecule is COc1cc2nc(-c3ccc(OCCN(C)C(=O)OC(C)(C)C)cc3)cc(N3CC4CCNCC4C3)c2s1. The lowest BCUT2D eigenvalue weighted by atomic mass is 9.90. The summed E-state index contributed by atoms with van der Waals surface area (Å²) in [4.78, 5) is 21.2.